The number of carbonyl (C=O) groups excluding carboxylic acids is 1. The molecule has 4 aromatic rings. The van der Waals surface area contributed by atoms with Gasteiger partial charge in [0, 0.05) is 39.9 Å². The number of fused-ring (bicyclic) bond motifs is 1. The van der Waals surface area contributed by atoms with E-state index in [1.807, 2.05) is 67.7 Å². The lowest BCUT2D eigenvalue weighted by Crippen LogP contribution is -2.13. The molecule has 1 amide bonds. The molecule has 0 saturated carbocycles. The maximum absolute atomic E-state index is 12.8. The number of nitrogens with zero attached hydrogens (tertiary/aromatic N) is 2. The molecule has 0 bridgehead atoms. The average molecular weight is 456 g/mol. The van der Waals surface area contributed by atoms with E-state index in [1.54, 1.807) is 30.3 Å². The van der Waals surface area contributed by atoms with Crippen molar-refractivity contribution < 1.29 is 9.53 Å². The normalized spacial score (nSPS) is 11.2. The highest BCUT2D eigenvalue weighted by Crippen LogP contribution is 2.26. The van der Waals surface area contributed by atoms with E-state index < -0.39 is 5.91 Å². The van der Waals surface area contributed by atoms with Crippen LogP contribution in [0.2, 0.25) is 5.02 Å². The van der Waals surface area contributed by atoms with Crippen LogP contribution in [0.4, 0.5) is 5.69 Å². The highest BCUT2D eigenvalue weighted by atomic mass is 35.5. The lowest BCUT2D eigenvalue weighted by atomic mass is 10.1. The number of nitriles is 1. The van der Waals surface area contributed by atoms with Crippen molar-refractivity contribution in [1.29, 1.82) is 5.26 Å². The summed E-state index contributed by atoms with van der Waals surface area (Å²) in [6, 6.07) is 24.6. The van der Waals surface area contributed by atoms with E-state index in [9.17, 15) is 10.1 Å². The maximum atomic E-state index is 12.8. The Labute approximate surface area is 197 Å². The number of ether oxygens (including phenoxy) is 1. The van der Waals surface area contributed by atoms with Gasteiger partial charge in [-0.05, 0) is 55.0 Å². The highest BCUT2D eigenvalue weighted by molar-refractivity contribution is 6.31. The second kappa shape index (κ2) is 10.1. The van der Waals surface area contributed by atoms with E-state index in [0.717, 1.165) is 27.8 Å². The average Bonchev–Trinajstić information content (AvgIpc) is 3.17. The molecule has 0 saturated heterocycles. The van der Waals surface area contributed by atoms with Gasteiger partial charge in [0.2, 0.25) is 0 Å². The van der Waals surface area contributed by atoms with Gasteiger partial charge in [-0.2, -0.15) is 5.26 Å². The molecule has 0 aliphatic rings. The SMILES string of the molecule is CCOc1ccc(NC(=O)/C(C#N)=C/c2cn(Cc3ccccc3Cl)c3ccccc23)cc1. The van der Waals surface area contributed by atoms with Crippen LogP contribution in [0.5, 0.6) is 5.75 Å². The van der Waals surface area contributed by atoms with E-state index in [2.05, 4.69) is 9.88 Å². The van der Waals surface area contributed by atoms with Crippen LogP contribution >= 0.6 is 11.6 Å². The molecule has 1 N–H and O–H groups in total. The number of anilines is 1. The smallest absolute Gasteiger partial charge is 0.266 e. The molecule has 1 aromatic heterocycles. The summed E-state index contributed by atoms with van der Waals surface area (Å²) in [7, 11) is 0. The van der Waals surface area contributed by atoms with Gasteiger partial charge in [0.25, 0.3) is 5.91 Å². The minimum Gasteiger partial charge on any atom is -0.494 e. The molecule has 164 valence electrons. The van der Waals surface area contributed by atoms with E-state index in [1.165, 1.54) is 0 Å². The number of rotatable bonds is 7. The van der Waals surface area contributed by atoms with E-state index in [-0.39, 0.29) is 5.57 Å². The molecule has 33 heavy (non-hydrogen) atoms. The lowest BCUT2D eigenvalue weighted by Gasteiger charge is -2.07. The van der Waals surface area contributed by atoms with Crippen LogP contribution in [0, 0.1) is 11.3 Å². The first kappa shape index (κ1) is 22.2. The van der Waals surface area contributed by atoms with Gasteiger partial charge < -0.3 is 14.6 Å². The van der Waals surface area contributed by atoms with Crippen molar-refractivity contribution in [3.8, 4) is 11.8 Å². The summed E-state index contributed by atoms with van der Waals surface area (Å²) in [5.41, 5.74) is 3.38. The zero-order chi connectivity index (χ0) is 23.2. The van der Waals surface area contributed by atoms with Crippen LogP contribution in [-0.4, -0.2) is 17.1 Å². The predicted molar refractivity (Wildman–Crippen MR) is 132 cm³/mol. The van der Waals surface area contributed by atoms with E-state index in [0.29, 0.717) is 23.9 Å². The number of carbonyl (C=O) groups is 1. The van der Waals surface area contributed by atoms with Gasteiger partial charge in [0.05, 0.1) is 6.61 Å². The Hall–Kier alpha value is -4.01. The third-order valence-corrected chi connectivity index (χ3v) is 5.57. The lowest BCUT2D eigenvalue weighted by molar-refractivity contribution is -0.112. The van der Waals surface area contributed by atoms with Crippen molar-refractivity contribution in [1.82, 2.24) is 4.57 Å². The first-order valence-electron chi connectivity index (χ1n) is 10.6. The Kier molecular flexibility index (Phi) is 6.77. The van der Waals surface area contributed by atoms with Gasteiger partial charge in [-0.25, -0.2) is 0 Å². The van der Waals surface area contributed by atoms with Crippen LogP contribution < -0.4 is 10.1 Å². The maximum Gasteiger partial charge on any atom is 0.266 e. The quantitative estimate of drug-likeness (QED) is 0.263. The van der Waals surface area contributed by atoms with Gasteiger partial charge in [0.1, 0.15) is 17.4 Å². The number of nitrogens with one attached hydrogen (secondary N) is 1. The molecule has 5 nitrogen and oxygen atoms in total. The minimum absolute atomic E-state index is 0.0181. The van der Waals surface area contributed by atoms with Gasteiger partial charge in [-0.3, -0.25) is 4.79 Å². The number of amides is 1. The van der Waals surface area contributed by atoms with Crippen LogP contribution in [0.15, 0.2) is 84.6 Å². The largest absolute Gasteiger partial charge is 0.494 e. The standard InChI is InChI=1S/C27H22ClN3O2/c1-2-33-23-13-11-22(12-14-23)30-27(32)20(16-29)15-21-18-31(26-10-6-4-8-24(21)26)17-19-7-3-5-9-25(19)28/h3-15,18H,2,17H2,1H3,(H,30,32)/b20-15+. The molecule has 6 heteroatoms. The van der Waals surface area contributed by atoms with Crippen molar-refractivity contribution in [3.05, 3.63) is 101 Å². The number of halogens is 1. The Balaban J connectivity index is 1.63. The number of benzene rings is 3. The van der Waals surface area contributed by atoms with Gasteiger partial charge in [-0.15, -0.1) is 0 Å². The molecule has 0 radical (unpaired) electrons. The molecule has 0 fully saturated rings. The molecule has 0 unspecified atom stereocenters. The minimum atomic E-state index is -0.468. The summed E-state index contributed by atoms with van der Waals surface area (Å²) in [4.78, 5) is 12.8. The Bertz CT molecular complexity index is 1360. The second-order valence-corrected chi connectivity index (χ2v) is 7.81. The van der Waals surface area contributed by atoms with Crippen LogP contribution in [0.3, 0.4) is 0 Å². The Morgan fingerprint density at radius 3 is 2.55 bits per heavy atom. The molecule has 0 aliphatic carbocycles. The Morgan fingerprint density at radius 2 is 1.82 bits per heavy atom. The summed E-state index contributed by atoms with van der Waals surface area (Å²) in [6.07, 6.45) is 3.56. The summed E-state index contributed by atoms with van der Waals surface area (Å²) < 4.78 is 7.49. The van der Waals surface area contributed by atoms with Gasteiger partial charge in [0.15, 0.2) is 0 Å². The molecular formula is C27H22ClN3O2. The molecule has 3 aromatic carbocycles. The van der Waals surface area contributed by atoms with Gasteiger partial charge in [-0.1, -0.05) is 48.0 Å². The summed E-state index contributed by atoms with van der Waals surface area (Å²) in [5.74, 6) is 0.252. The van der Waals surface area contributed by atoms with Crippen LogP contribution in [-0.2, 0) is 11.3 Å². The number of hydrogen-bond acceptors (Lipinski definition) is 3. The number of aromatic nitrogens is 1. The number of para-hydroxylation sites is 1. The monoisotopic (exact) mass is 455 g/mol. The zero-order valence-electron chi connectivity index (χ0n) is 18.1. The Morgan fingerprint density at radius 1 is 1.09 bits per heavy atom. The first-order chi connectivity index (χ1) is 16.1. The summed E-state index contributed by atoms with van der Waals surface area (Å²) in [5, 5.41) is 14.1. The molecule has 0 spiro atoms. The molecule has 4 rings (SSSR count). The molecular weight excluding hydrogens is 434 g/mol. The third kappa shape index (κ3) is 5.08. The molecule has 0 atom stereocenters. The number of hydrogen-bond donors (Lipinski definition) is 1. The van der Waals surface area contributed by atoms with Crippen molar-refractivity contribution in [2.45, 2.75) is 13.5 Å². The third-order valence-electron chi connectivity index (χ3n) is 5.21. The van der Waals surface area contributed by atoms with E-state index >= 15 is 0 Å². The molecule has 0 aliphatic heterocycles. The van der Waals surface area contributed by atoms with Crippen LogP contribution in [0.25, 0.3) is 17.0 Å². The van der Waals surface area contributed by atoms with Gasteiger partial charge >= 0.3 is 0 Å². The predicted octanol–water partition coefficient (Wildman–Crippen LogP) is 6.29. The van der Waals surface area contributed by atoms with Crippen molar-refractivity contribution in [3.63, 3.8) is 0 Å². The first-order valence-corrected chi connectivity index (χ1v) is 10.9. The second-order valence-electron chi connectivity index (χ2n) is 7.40. The fraction of sp³-hybridized carbons (Fsp3) is 0.111. The van der Waals surface area contributed by atoms with Crippen molar-refractivity contribution in [2.24, 2.45) is 0 Å². The highest BCUT2D eigenvalue weighted by Gasteiger charge is 2.13. The fourth-order valence-electron chi connectivity index (χ4n) is 3.63. The van der Waals surface area contributed by atoms with Crippen molar-refractivity contribution >= 4 is 40.2 Å². The van der Waals surface area contributed by atoms with Crippen molar-refractivity contribution in [2.75, 3.05) is 11.9 Å². The topological polar surface area (TPSA) is 67.0 Å². The summed E-state index contributed by atoms with van der Waals surface area (Å²) >= 11 is 6.36. The molecule has 1 heterocycles. The van der Waals surface area contributed by atoms with E-state index in [4.69, 9.17) is 16.3 Å². The summed E-state index contributed by atoms with van der Waals surface area (Å²) in [6.45, 7) is 3.05. The zero-order valence-corrected chi connectivity index (χ0v) is 18.8. The van der Waals surface area contributed by atoms with Crippen LogP contribution in [0.1, 0.15) is 18.1 Å². The fourth-order valence-corrected chi connectivity index (χ4v) is 3.83.